The Morgan fingerprint density at radius 2 is 2.30 bits per heavy atom. The Hall–Kier alpha value is -1.74. The van der Waals surface area contributed by atoms with Crippen LogP contribution < -0.4 is 11.3 Å². The van der Waals surface area contributed by atoms with Crippen molar-refractivity contribution in [3.8, 4) is 0 Å². The van der Waals surface area contributed by atoms with Crippen molar-refractivity contribution < 1.29 is 14.8 Å². The second kappa shape index (κ2) is 7.75. The second-order valence-corrected chi connectivity index (χ2v) is 4.56. The van der Waals surface area contributed by atoms with Crippen LogP contribution in [0, 0.1) is 10.1 Å². The molecule has 0 radical (unpaired) electrons. The number of ether oxygens (including phenoxy) is 1. The zero-order valence-electron chi connectivity index (χ0n) is 11.6. The molecule has 1 rings (SSSR count). The van der Waals surface area contributed by atoms with E-state index >= 15 is 0 Å². The van der Waals surface area contributed by atoms with E-state index in [2.05, 4.69) is 5.43 Å². The van der Waals surface area contributed by atoms with Crippen LogP contribution in [0.5, 0.6) is 0 Å². The molecule has 1 aromatic carbocycles. The summed E-state index contributed by atoms with van der Waals surface area (Å²) in [6.45, 7) is 1.14. The van der Waals surface area contributed by atoms with E-state index < -0.39 is 11.0 Å². The van der Waals surface area contributed by atoms with Crippen molar-refractivity contribution in [1.29, 1.82) is 0 Å². The van der Waals surface area contributed by atoms with Crippen LogP contribution in [0.2, 0.25) is 0 Å². The van der Waals surface area contributed by atoms with Gasteiger partial charge >= 0.3 is 0 Å². The number of aliphatic hydroxyl groups is 1. The number of rotatable bonds is 8. The van der Waals surface area contributed by atoms with Crippen molar-refractivity contribution >= 4 is 11.4 Å². The Balaban J connectivity index is 2.72. The summed E-state index contributed by atoms with van der Waals surface area (Å²) in [5, 5.41) is 20.5. The van der Waals surface area contributed by atoms with Crippen LogP contribution in [0.3, 0.4) is 0 Å². The quantitative estimate of drug-likeness (QED) is 0.358. The molecule has 1 unspecified atom stereocenters. The molecule has 4 N–H and O–H groups in total. The predicted octanol–water partition coefficient (Wildman–Crippen LogP) is 0.320. The lowest BCUT2D eigenvalue weighted by Gasteiger charge is -2.20. The maximum atomic E-state index is 10.9. The standard InChI is InChI=1S/C12H20N4O4/c1-15(7-10(17)8-20-2)6-9-3-4-11(14-13)12(5-9)16(18)19/h3-5,10,14,17H,6-8,13H2,1-2H3. The monoisotopic (exact) mass is 284 g/mol. The van der Waals surface area contributed by atoms with Gasteiger partial charge in [-0.2, -0.15) is 0 Å². The molecule has 0 aliphatic rings. The number of hydrogen-bond donors (Lipinski definition) is 3. The first-order valence-electron chi connectivity index (χ1n) is 6.07. The maximum absolute atomic E-state index is 10.9. The molecule has 0 saturated heterocycles. The number of anilines is 1. The molecule has 0 aliphatic carbocycles. The number of nitrogen functional groups attached to an aromatic ring is 1. The number of likely N-dealkylation sites (N-methyl/N-ethyl adjacent to an activating group) is 1. The van der Waals surface area contributed by atoms with E-state index in [-0.39, 0.29) is 18.0 Å². The highest BCUT2D eigenvalue weighted by atomic mass is 16.6. The SMILES string of the molecule is COCC(O)CN(C)Cc1ccc(NN)c([N+](=O)[O-])c1. The number of methoxy groups -OCH3 is 1. The number of nitro benzene ring substituents is 1. The van der Waals surface area contributed by atoms with Gasteiger partial charge in [0.25, 0.3) is 5.69 Å². The van der Waals surface area contributed by atoms with Crippen molar-refractivity contribution in [3.63, 3.8) is 0 Å². The molecule has 0 heterocycles. The molecule has 1 atom stereocenters. The van der Waals surface area contributed by atoms with Gasteiger partial charge in [0, 0.05) is 26.3 Å². The predicted molar refractivity (Wildman–Crippen MR) is 75.1 cm³/mol. The van der Waals surface area contributed by atoms with Gasteiger partial charge in [0.15, 0.2) is 0 Å². The van der Waals surface area contributed by atoms with Crippen LogP contribution in [-0.4, -0.2) is 48.3 Å². The topological polar surface area (TPSA) is 114 Å². The molecule has 0 aromatic heterocycles. The molecule has 112 valence electrons. The third-order valence-electron chi connectivity index (χ3n) is 2.75. The second-order valence-electron chi connectivity index (χ2n) is 4.56. The lowest BCUT2D eigenvalue weighted by Crippen LogP contribution is -2.31. The first-order valence-corrected chi connectivity index (χ1v) is 6.07. The molecule has 8 nitrogen and oxygen atoms in total. The van der Waals surface area contributed by atoms with Gasteiger partial charge < -0.3 is 15.3 Å². The molecular weight excluding hydrogens is 264 g/mol. The van der Waals surface area contributed by atoms with Crippen molar-refractivity contribution in [2.75, 3.05) is 32.7 Å². The molecule has 0 spiro atoms. The summed E-state index contributed by atoms with van der Waals surface area (Å²) in [7, 11) is 3.34. The molecule has 0 amide bonds. The Morgan fingerprint density at radius 3 is 2.85 bits per heavy atom. The highest BCUT2D eigenvalue weighted by molar-refractivity contribution is 5.61. The average molecular weight is 284 g/mol. The number of benzene rings is 1. The molecule has 20 heavy (non-hydrogen) atoms. The van der Waals surface area contributed by atoms with E-state index in [0.29, 0.717) is 13.1 Å². The zero-order chi connectivity index (χ0) is 15.1. The smallest absolute Gasteiger partial charge is 0.293 e. The summed E-state index contributed by atoms with van der Waals surface area (Å²) in [5.41, 5.74) is 3.25. The Kier molecular flexibility index (Phi) is 6.32. The van der Waals surface area contributed by atoms with Gasteiger partial charge in [-0.05, 0) is 18.7 Å². The first-order chi connectivity index (χ1) is 9.47. The van der Waals surface area contributed by atoms with Crippen molar-refractivity contribution in [2.45, 2.75) is 12.6 Å². The normalized spacial score (nSPS) is 12.4. The average Bonchev–Trinajstić information content (AvgIpc) is 2.38. The number of nitrogens with zero attached hydrogens (tertiary/aromatic N) is 2. The van der Waals surface area contributed by atoms with Gasteiger partial charge in [-0.15, -0.1) is 0 Å². The fraction of sp³-hybridized carbons (Fsp3) is 0.500. The fourth-order valence-corrected chi connectivity index (χ4v) is 1.93. The van der Waals surface area contributed by atoms with Crippen LogP contribution in [-0.2, 0) is 11.3 Å². The van der Waals surface area contributed by atoms with Crippen LogP contribution in [0.1, 0.15) is 5.56 Å². The number of hydrazine groups is 1. The number of hydrogen-bond acceptors (Lipinski definition) is 7. The van der Waals surface area contributed by atoms with E-state index in [1.54, 1.807) is 12.1 Å². The number of nitrogens with one attached hydrogen (secondary N) is 1. The van der Waals surface area contributed by atoms with Crippen molar-refractivity contribution in [2.24, 2.45) is 5.84 Å². The number of aliphatic hydroxyl groups excluding tert-OH is 1. The third-order valence-corrected chi connectivity index (χ3v) is 2.75. The zero-order valence-corrected chi connectivity index (χ0v) is 11.6. The van der Waals surface area contributed by atoms with E-state index in [9.17, 15) is 15.2 Å². The summed E-state index contributed by atoms with van der Waals surface area (Å²) >= 11 is 0. The minimum absolute atomic E-state index is 0.0733. The van der Waals surface area contributed by atoms with Crippen LogP contribution in [0.25, 0.3) is 0 Å². The van der Waals surface area contributed by atoms with Gasteiger partial charge in [-0.3, -0.25) is 20.9 Å². The van der Waals surface area contributed by atoms with E-state index in [0.717, 1.165) is 5.56 Å². The van der Waals surface area contributed by atoms with E-state index in [1.165, 1.54) is 13.2 Å². The van der Waals surface area contributed by atoms with Gasteiger partial charge in [0.05, 0.1) is 17.6 Å². The maximum Gasteiger partial charge on any atom is 0.293 e. The molecular formula is C12H20N4O4. The molecule has 1 aromatic rings. The lowest BCUT2D eigenvalue weighted by molar-refractivity contribution is -0.384. The van der Waals surface area contributed by atoms with Crippen molar-refractivity contribution in [1.82, 2.24) is 4.90 Å². The van der Waals surface area contributed by atoms with Gasteiger partial charge in [-0.25, -0.2) is 0 Å². The third kappa shape index (κ3) is 4.74. The van der Waals surface area contributed by atoms with Gasteiger partial charge in [-0.1, -0.05) is 6.07 Å². The molecule has 0 aliphatic heterocycles. The highest BCUT2D eigenvalue weighted by Crippen LogP contribution is 2.25. The van der Waals surface area contributed by atoms with E-state index in [4.69, 9.17) is 10.6 Å². The molecule has 0 bridgehead atoms. The Bertz CT molecular complexity index is 455. The van der Waals surface area contributed by atoms with Gasteiger partial charge in [0.2, 0.25) is 0 Å². The summed E-state index contributed by atoms with van der Waals surface area (Å²) in [5.74, 6) is 5.23. The summed E-state index contributed by atoms with van der Waals surface area (Å²) < 4.78 is 4.85. The fourth-order valence-electron chi connectivity index (χ4n) is 1.93. The Labute approximate surface area is 117 Å². The molecule has 0 saturated carbocycles. The largest absolute Gasteiger partial charge is 0.389 e. The van der Waals surface area contributed by atoms with Gasteiger partial charge in [0.1, 0.15) is 5.69 Å². The number of nitro groups is 1. The van der Waals surface area contributed by atoms with Crippen LogP contribution in [0.15, 0.2) is 18.2 Å². The molecule has 8 heteroatoms. The minimum Gasteiger partial charge on any atom is -0.389 e. The lowest BCUT2D eigenvalue weighted by atomic mass is 10.1. The number of nitrogens with two attached hydrogens (primary N) is 1. The van der Waals surface area contributed by atoms with E-state index in [1.807, 2.05) is 11.9 Å². The molecule has 0 fully saturated rings. The summed E-state index contributed by atoms with van der Waals surface area (Å²) in [6.07, 6.45) is -0.593. The van der Waals surface area contributed by atoms with Crippen LogP contribution in [0.4, 0.5) is 11.4 Å². The summed E-state index contributed by atoms with van der Waals surface area (Å²) in [6, 6.07) is 4.78. The van der Waals surface area contributed by atoms with Crippen molar-refractivity contribution in [3.05, 3.63) is 33.9 Å². The summed E-state index contributed by atoms with van der Waals surface area (Å²) in [4.78, 5) is 12.3. The highest BCUT2D eigenvalue weighted by Gasteiger charge is 2.15. The van der Waals surface area contributed by atoms with Crippen LogP contribution >= 0.6 is 0 Å². The Morgan fingerprint density at radius 1 is 1.60 bits per heavy atom. The minimum atomic E-state index is -0.593. The first kappa shape index (κ1) is 16.3.